The minimum absolute atomic E-state index is 0.245. The zero-order valence-electron chi connectivity index (χ0n) is 13.5. The Balaban J connectivity index is 2.60. The molecule has 0 saturated heterocycles. The molecule has 0 unspecified atom stereocenters. The molecule has 0 amide bonds. The van der Waals surface area contributed by atoms with Gasteiger partial charge in [-0.15, -0.1) is 11.6 Å². The Labute approximate surface area is 140 Å². The molecular formula is C16H24ClNO3S. The second kappa shape index (κ2) is 9.28. The van der Waals surface area contributed by atoms with Crippen LogP contribution in [0.25, 0.3) is 0 Å². The van der Waals surface area contributed by atoms with Crippen molar-refractivity contribution in [3.63, 3.8) is 0 Å². The molecule has 1 aromatic carbocycles. The highest BCUT2D eigenvalue weighted by molar-refractivity contribution is 7.85. The summed E-state index contributed by atoms with van der Waals surface area (Å²) >= 11 is 5.79. The van der Waals surface area contributed by atoms with Crippen LogP contribution in [0.4, 0.5) is 0 Å². The summed E-state index contributed by atoms with van der Waals surface area (Å²) in [6.07, 6.45) is 1.99. The van der Waals surface area contributed by atoms with Gasteiger partial charge in [0.25, 0.3) is 0 Å². The van der Waals surface area contributed by atoms with Gasteiger partial charge in [-0.3, -0.25) is 0 Å². The lowest BCUT2D eigenvalue weighted by molar-refractivity contribution is 0.0858. The van der Waals surface area contributed by atoms with Crippen molar-refractivity contribution in [3.05, 3.63) is 29.8 Å². The van der Waals surface area contributed by atoms with Gasteiger partial charge in [0.15, 0.2) is 0 Å². The third kappa shape index (κ3) is 6.90. The molecular weight excluding hydrogens is 322 g/mol. The van der Waals surface area contributed by atoms with Crippen LogP contribution in [0, 0.1) is 0 Å². The monoisotopic (exact) mass is 345 g/mol. The molecule has 0 aliphatic heterocycles. The van der Waals surface area contributed by atoms with Crippen molar-refractivity contribution < 1.29 is 13.7 Å². The molecule has 124 valence electrons. The number of rotatable bonds is 8. The second-order valence-corrected chi connectivity index (χ2v) is 8.10. The van der Waals surface area contributed by atoms with E-state index >= 15 is 0 Å². The highest BCUT2D eigenvalue weighted by Gasteiger charge is 2.19. The topological polar surface area (TPSA) is 47.9 Å². The van der Waals surface area contributed by atoms with E-state index in [2.05, 4.69) is 4.40 Å². The van der Waals surface area contributed by atoms with Crippen LogP contribution in [0.5, 0.6) is 5.75 Å². The highest BCUT2D eigenvalue weighted by Crippen LogP contribution is 2.14. The van der Waals surface area contributed by atoms with Gasteiger partial charge in [0.2, 0.25) is 0 Å². The zero-order chi connectivity index (χ0) is 16.6. The summed E-state index contributed by atoms with van der Waals surface area (Å²) in [5, 5.41) is 0. The van der Waals surface area contributed by atoms with E-state index in [1.165, 1.54) is 0 Å². The number of alkyl halides is 1. The first-order chi connectivity index (χ1) is 10.4. The van der Waals surface area contributed by atoms with E-state index in [1.54, 1.807) is 13.3 Å². The fraction of sp³-hybridized carbons (Fsp3) is 0.562. The molecule has 2 atom stereocenters. The molecule has 0 aliphatic carbocycles. The first-order valence-corrected chi connectivity index (χ1v) is 8.77. The summed E-state index contributed by atoms with van der Waals surface area (Å²) in [6, 6.07) is 7.66. The smallest absolute Gasteiger partial charge is 0.144 e. The molecule has 1 aromatic rings. The molecule has 0 bridgehead atoms. The van der Waals surface area contributed by atoms with Crippen LogP contribution in [0.3, 0.4) is 0 Å². The second-order valence-electron chi connectivity index (χ2n) is 5.79. The van der Waals surface area contributed by atoms with E-state index < -0.39 is 11.0 Å². The Morgan fingerprint density at radius 1 is 1.32 bits per heavy atom. The van der Waals surface area contributed by atoms with E-state index in [1.807, 2.05) is 45.0 Å². The van der Waals surface area contributed by atoms with Gasteiger partial charge in [-0.2, -0.15) is 4.40 Å². The number of ether oxygens (including phenoxy) is 2. The van der Waals surface area contributed by atoms with Gasteiger partial charge >= 0.3 is 0 Å². The van der Waals surface area contributed by atoms with Crippen LogP contribution in [0.2, 0.25) is 0 Å². The van der Waals surface area contributed by atoms with Gasteiger partial charge in [-0.05, 0) is 44.9 Å². The Hall–Kier alpha value is -0.910. The van der Waals surface area contributed by atoms with Crippen molar-refractivity contribution in [2.24, 2.45) is 4.40 Å². The molecule has 0 spiro atoms. The largest absolute Gasteiger partial charge is 0.497 e. The maximum atomic E-state index is 11.9. The van der Waals surface area contributed by atoms with Gasteiger partial charge in [0.1, 0.15) is 16.7 Å². The summed E-state index contributed by atoms with van der Waals surface area (Å²) < 4.78 is 26.6. The van der Waals surface area contributed by atoms with Gasteiger partial charge in [0.05, 0.1) is 24.6 Å². The van der Waals surface area contributed by atoms with Crippen molar-refractivity contribution in [3.8, 4) is 5.75 Å². The third-order valence-corrected chi connectivity index (χ3v) is 4.44. The highest BCUT2D eigenvalue weighted by atomic mass is 35.5. The van der Waals surface area contributed by atoms with Crippen LogP contribution < -0.4 is 4.74 Å². The number of halogens is 1. The zero-order valence-corrected chi connectivity index (χ0v) is 15.1. The van der Waals surface area contributed by atoms with E-state index in [-0.39, 0.29) is 10.9 Å². The molecule has 0 heterocycles. The van der Waals surface area contributed by atoms with Crippen LogP contribution in [0.1, 0.15) is 32.8 Å². The van der Waals surface area contributed by atoms with Crippen molar-refractivity contribution in [1.82, 2.24) is 0 Å². The maximum absolute atomic E-state index is 11.9. The molecule has 0 fully saturated rings. The predicted molar refractivity (Wildman–Crippen MR) is 93.3 cm³/mol. The summed E-state index contributed by atoms with van der Waals surface area (Å²) in [7, 11) is 0.349. The molecule has 0 N–H and O–H groups in total. The standard InChI is InChI=1S/C16H24ClNO3S/c1-16(2,3)22(19)18-11-15(9-10-17)21-12-13-5-7-14(20-4)8-6-13/h5-8,11,15H,9-10,12H2,1-4H3/b18-11+/t15-,22-/m0/s1. The molecule has 22 heavy (non-hydrogen) atoms. The number of nitrogens with zero attached hydrogens (tertiary/aromatic N) is 1. The maximum Gasteiger partial charge on any atom is 0.144 e. The minimum Gasteiger partial charge on any atom is -0.497 e. The van der Waals surface area contributed by atoms with E-state index in [0.29, 0.717) is 18.9 Å². The van der Waals surface area contributed by atoms with Gasteiger partial charge in [-0.25, -0.2) is 4.21 Å². The fourth-order valence-corrected chi connectivity index (χ4v) is 2.29. The number of hydrogen-bond acceptors (Lipinski definition) is 3. The summed E-state index contributed by atoms with van der Waals surface area (Å²) in [5.74, 6) is 1.27. The molecule has 6 heteroatoms. The Morgan fingerprint density at radius 3 is 2.45 bits per heavy atom. The van der Waals surface area contributed by atoms with Gasteiger partial charge in [0, 0.05) is 12.1 Å². The average Bonchev–Trinajstić information content (AvgIpc) is 2.49. The fourth-order valence-electron chi connectivity index (χ4n) is 1.51. The minimum atomic E-state index is -1.28. The van der Waals surface area contributed by atoms with Crippen molar-refractivity contribution in [2.45, 2.75) is 44.6 Å². The van der Waals surface area contributed by atoms with Crippen LogP contribution in [0.15, 0.2) is 28.7 Å². The first-order valence-electron chi connectivity index (χ1n) is 7.13. The van der Waals surface area contributed by atoms with Gasteiger partial charge in [-0.1, -0.05) is 12.1 Å². The van der Waals surface area contributed by atoms with Crippen molar-refractivity contribution in [2.75, 3.05) is 13.0 Å². The summed E-state index contributed by atoms with van der Waals surface area (Å²) in [4.78, 5) is 0. The molecule has 1 rings (SSSR count). The lowest BCUT2D eigenvalue weighted by Gasteiger charge is -2.15. The normalized spacial score (nSPS) is 15.0. The number of benzene rings is 1. The van der Waals surface area contributed by atoms with Gasteiger partial charge < -0.3 is 9.47 Å². The summed E-state index contributed by atoms with van der Waals surface area (Å²) in [5.41, 5.74) is 1.03. The number of methoxy groups -OCH3 is 1. The van der Waals surface area contributed by atoms with E-state index in [4.69, 9.17) is 21.1 Å². The van der Waals surface area contributed by atoms with Crippen molar-refractivity contribution >= 4 is 28.8 Å². The number of hydrogen-bond donors (Lipinski definition) is 0. The Morgan fingerprint density at radius 2 is 1.95 bits per heavy atom. The molecule has 0 saturated carbocycles. The summed E-state index contributed by atoms with van der Waals surface area (Å²) in [6.45, 7) is 6.10. The van der Waals surface area contributed by atoms with Crippen molar-refractivity contribution in [1.29, 1.82) is 0 Å². The Kier molecular flexibility index (Phi) is 8.07. The van der Waals surface area contributed by atoms with Crippen LogP contribution in [-0.2, 0) is 22.3 Å². The Bertz CT molecular complexity index is 497. The molecule has 0 aromatic heterocycles. The SMILES string of the molecule is COc1ccc(CO[C@H](/C=N/[S@@](=O)C(C)(C)C)CCCl)cc1. The predicted octanol–water partition coefficient (Wildman–Crippen LogP) is 3.74. The van der Waals surface area contributed by atoms with Crippen LogP contribution >= 0.6 is 11.6 Å². The average molecular weight is 346 g/mol. The van der Waals surface area contributed by atoms with E-state index in [9.17, 15) is 4.21 Å². The molecule has 0 aliphatic rings. The first kappa shape index (κ1) is 19.1. The third-order valence-electron chi connectivity index (χ3n) is 2.86. The molecule has 4 nitrogen and oxygen atoms in total. The van der Waals surface area contributed by atoms with E-state index in [0.717, 1.165) is 11.3 Å². The quantitative estimate of drug-likeness (QED) is 0.532. The lowest BCUT2D eigenvalue weighted by atomic mass is 10.2. The molecule has 0 radical (unpaired) electrons. The lowest BCUT2D eigenvalue weighted by Crippen LogP contribution is -2.22. The van der Waals surface area contributed by atoms with Crippen LogP contribution in [-0.4, -0.2) is 34.3 Å².